The third kappa shape index (κ3) is 9.07. The number of nitrogens with zero attached hydrogens (tertiary/aromatic N) is 1. The zero-order chi connectivity index (χ0) is 34.0. The van der Waals surface area contributed by atoms with Gasteiger partial charge in [-0.2, -0.15) is 16.1 Å². The van der Waals surface area contributed by atoms with Gasteiger partial charge in [-0.3, -0.25) is 28.2 Å². The van der Waals surface area contributed by atoms with Crippen molar-refractivity contribution >= 4 is 33.2 Å². The molecule has 0 saturated carbocycles. The number of benzene rings is 1. The maximum Gasteiger partial charge on any atom is 0.483 e. The number of carbonyl (C=O) groups is 1. The number of H-pyrrole nitrogens is 1. The highest BCUT2D eigenvalue weighted by atomic mass is 32.2. The molecule has 8 N–H and O–H groups in total. The first-order valence-electron chi connectivity index (χ1n) is 13.4. The Morgan fingerprint density at radius 2 is 1.57 bits per heavy atom. The van der Waals surface area contributed by atoms with Gasteiger partial charge in [0.05, 0.1) is 12.7 Å². The van der Waals surface area contributed by atoms with E-state index in [1.807, 2.05) is 4.98 Å². The summed E-state index contributed by atoms with van der Waals surface area (Å²) in [6.45, 7) is 0.401. The molecule has 1 aromatic heterocycles. The van der Waals surface area contributed by atoms with Crippen LogP contribution in [0.4, 0.5) is 0 Å². The maximum atomic E-state index is 12.6. The molecular weight excluding hydrogens is 682 g/mol. The average molecular weight is 715 g/mol. The summed E-state index contributed by atoms with van der Waals surface area (Å²) in [7, 11) is -11.1. The summed E-state index contributed by atoms with van der Waals surface area (Å²) in [4.78, 5) is 56.8. The van der Waals surface area contributed by atoms with Gasteiger partial charge < -0.3 is 44.8 Å². The Bertz CT molecular complexity index is 1590. The highest BCUT2D eigenvalue weighted by Crippen LogP contribution is 2.61. The van der Waals surface area contributed by atoms with Gasteiger partial charge in [0, 0.05) is 29.3 Å². The zero-order valence-corrected chi connectivity index (χ0v) is 26.3. The topological polar surface area (TPSA) is 294 Å². The number of hydrogen-bond donors (Lipinski definition) is 8. The highest BCUT2D eigenvalue weighted by molar-refractivity contribution is 7.98. The molecule has 0 bridgehead atoms. The SMILES string of the molecule is CC(=O)c1ccc(CSC[C@H]2OC(OP(=O)(O)OP(=O)(O)OC[C@H]3O[C@@H](n4ccc(=O)[nH]c4=O)C(O)[C@H]3O)[C@H](O)[C@@H](O)[C@H]2O)cc1. The van der Waals surface area contributed by atoms with E-state index in [0.717, 1.165) is 22.4 Å². The van der Waals surface area contributed by atoms with Crippen molar-refractivity contribution in [3.05, 3.63) is 68.5 Å². The predicted octanol–water partition coefficient (Wildman–Crippen LogP) is -1.65. The van der Waals surface area contributed by atoms with Gasteiger partial charge in [-0.05, 0) is 12.5 Å². The van der Waals surface area contributed by atoms with Crippen LogP contribution in [-0.4, -0.2) is 112 Å². The number of aliphatic hydroxyl groups excluding tert-OH is 5. The van der Waals surface area contributed by atoms with E-state index in [-0.39, 0.29) is 11.5 Å². The summed E-state index contributed by atoms with van der Waals surface area (Å²) in [5.41, 5.74) is -0.413. The monoisotopic (exact) mass is 714 g/mol. The van der Waals surface area contributed by atoms with Crippen LogP contribution in [0.5, 0.6) is 0 Å². The fourth-order valence-corrected chi connectivity index (χ4v) is 7.68. The third-order valence-electron chi connectivity index (χ3n) is 6.89. The van der Waals surface area contributed by atoms with Gasteiger partial charge in [0.25, 0.3) is 5.56 Å². The molecule has 19 nitrogen and oxygen atoms in total. The lowest BCUT2D eigenvalue weighted by molar-refractivity contribution is -0.270. The van der Waals surface area contributed by atoms with Crippen molar-refractivity contribution in [2.75, 3.05) is 12.4 Å². The van der Waals surface area contributed by atoms with Gasteiger partial charge in [0.15, 0.2) is 18.3 Å². The molecule has 2 aliphatic heterocycles. The van der Waals surface area contributed by atoms with Crippen molar-refractivity contribution in [1.82, 2.24) is 9.55 Å². The first kappa shape index (κ1) is 36.7. The van der Waals surface area contributed by atoms with Gasteiger partial charge in [-0.25, -0.2) is 13.9 Å². The fraction of sp³-hybridized carbons (Fsp3) is 0.542. The molecule has 2 fully saturated rings. The smallest absolute Gasteiger partial charge is 0.388 e. The molecule has 256 valence electrons. The molecule has 2 aliphatic rings. The molecule has 0 radical (unpaired) electrons. The summed E-state index contributed by atoms with van der Waals surface area (Å²) < 4.78 is 49.9. The van der Waals surface area contributed by atoms with Gasteiger partial charge in [-0.15, -0.1) is 0 Å². The van der Waals surface area contributed by atoms with Crippen molar-refractivity contribution < 1.29 is 72.1 Å². The number of aliphatic hydroxyl groups is 5. The van der Waals surface area contributed by atoms with Crippen LogP contribution in [0, 0.1) is 0 Å². The van der Waals surface area contributed by atoms with Gasteiger partial charge >= 0.3 is 21.3 Å². The van der Waals surface area contributed by atoms with Gasteiger partial charge in [0.2, 0.25) is 0 Å². The van der Waals surface area contributed by atoms with Gasteiger partial charge in [-0.1, -0.05) is 24.3 Å². The number of aromatic nitrogens is 2. The summed E-state index contributed by atoms with van der Waals surface area (Å²) in [5, 5.41) is 51.4. The second-order valence-corrected chi connectivity index (χ2v) is 14.3. The average Bonchev–Trinajstić information content (AvgIpc) is 3.25. The lowest BCUT2D eigenvalue weighted by atomic mass is 10.0. The van der Waals surface area contributed by atoms with E-state index in [2.05, 4.69) is 13.4 Å². The molecule has 46 heavy (non-hydrogen) atoms. The van der Waals surface area contributed by atoms with E-state index in [1.165, 1.54) is 18.7 Å². The van der Waals surface area contributed by atoms with E-state index >= 15 is 0 Å². The lowest BCUT2D eigenvalue weighted by Gasteiger charge is -2.40. The van der Waals surface area contributed by atoms with Gasteiger partial charge in [0.1, 0.15) is 36.6 Å². The van der Waals surface area contributed by atoms with Crippen LogP contribution in [0.25, 0.3) is 0 Å². The molecule has 11 atom stereocenters. The Balaban J connectivity index is 1.32. The second-order valence-electron chi connectivity index (χ2n) is 10.3. The number of rotatable bonds is 13. The lowest BCUT2D eigenvalue weighted by Crippen LogP contribution is -2.58. The normalized spacial score (nSPS) is 32.5. The van der Waals surface area contributed by atoms with Crippen LogP contribution >= 0.6 is 27.4 Å². The number of aromatic amines is 1. The fourth-order valence-electron chi connectivity index (χ4n) is 4.47. The zero-order valence-electron chi connectivity index (χ0n) is 23.7. The predicted molar refractivity (Wildman–Crippen MR) is 154 cm³/mol. The number of nitrogens with one attached hydrogen (secondary N) is 1. The molecule has 4 rings (SSSR count). The Morgan fingerprint density at radius 1 is 0.913 bits per heavy atom. The first-order chi connectivity index (χ1) is 21.5. The van der Waals surface area contributed by atoms with E-state index < -0.39 is 88.7 Å². The van der Waals surface area contributed by atoms with E-state index in [0.29, 0.717) is 11.3 Å². The molecule has 22 heteroatoms. The number of ether oxygens (including phenoxy) is 2. The van der Waals surface area contributed by atoms with Crippen molar-refractivity contribution in [2.24, 2.45) is 0 Å². The maximum absolute atomic E-state index is 12.6. The van der Waals surface area contributed by atoms with Crippen LogP contribution in [0.2, 0.25) is 0 Å². The molecule has 2 saturated heterocycles. The summed E-state index contributed by atoms with van der Waals surface area (Å²) in [5.74, 6) is 0.253. The Kier molecular flexibility index (Phi) is 12.0. The standard InChI is InChI=1S/C24H32N2O17P2S/c1-11(27)13-4-2-12(3-5-13)9-46-10-15-18(30)19(31)21(33)23(41-15)42-45(37,38)43-44(35,36)39-8-14-17(29)20(32)22(40-14)26-7-6-16(28)25-24(26)34/h2-7,14-15,17-23,29-33H,8-10H2,1H3,(H,35,36)(H,37,38)(H,25,28,34)/t14-,15-,17+,18+,19+,20?,21-,22-,23?/m1/s1. The Hall–Kier alpha value is -2.10. The molecule has 0 amide bonds. The van der Waals surface area contributed by atoms with Crippen molar-refractivity contribution in [3.8, 4) is 0 Å². The molecule has 4 unspecified atom stereocenters. The number of ketones is 1. The molecule has 1 aromatic carbocycles. The number of phosphoric ester groups is 2. The summed E-state index contributed by atoms with van der Waals surface area (Å²) in [6.07, 6.45) is -14.8. The first-order valence-corrected chi connectivity index (χ1v) is 17.5. The highest BCUT2D eigenvalue weighted by Gasteiger charge is 2.49. The molecule has 3 heterocycles. The minimum atomic E-state index is -5.62. The van der Waals surface area contributed by atoms with Crippen molar-refractivity contribution in [2.45, 2.75) is 67.9 Å². The minimum absolute atomic E-state index is 0.0147. The molecule has 2 aromatic rings. The van der Waals surface area contributed by atoms with Crippen LogP contribution < -0.4 is 11.2 Å². The summed E-state index contributed by atoms with van der Waals surface area (Å²) >= 11 is 1.21. The quantitative estimate of drug-likeness (QED) is 0.0851. The van der Waals surface area contributed by atoms with Crippen LogP contribution in [0.1, 0.15) is 29.1 Å². The number of carbonyl (C=O) groups excluding carboxylic acids is 1. The Labute approximate surface area is 263 Å². The number of hydrogen-bond acceptors (Lipinski definition) is 16. The van der Waals surface area contributed by atoms with Crippen LogP contribution in [-0.2, 0) is 37.7 Å². The second kappa shape index (κ2) is 15.0. The van der Waals surface area contributed by atoms with Crippen LogP contribution in [0.3, 0.4) is 0 Å². The number of thioether (sulfide) groups is 1. The van der Waals surface area contributed by atoms with E-state index in [9.17, 15) is 58.8 Å². The largest absolute Gasteiger partial charge is 0.483 e. The van der Waals surface area contributed by atoms with Crippen LogP contribution in [0.15, 0.2) is 46.1 Å². The molecular formula is C24H32N2O17P2S. The van der Waals surface area contributed by atoms with Crippen molar-refractivity contribution in [3.63, 3.8) is 0 Å². The minimum Gasteiger partial charge on any atom is -0.388 e. The third-order valence-corrected chi connectivity index (χ3v) is 10.6. The number of phosphoric acid groups is 2. The number of Topliss-reactive ketones (excluding diaryl/α,β-unsaturated/α-hetero) is 1. The molecule has 0 aliphatic carbocycles. The summed E-state index contributed by atoms with van der Waals surface area (Å²) in [6, 6.07) is 7.64. The van der Waals surface area contributed by atoms with E-state index in [1.54, 1.807) is 24.3 Å². The van der Waals surface area contributed by atoms with Crippen molar-refractivity contribution in [1.29, 1.82) is 0 Å². The van der Waals surface area contributed by atoms with E-state index in [4.69, 9.17) is 9.47 Å². The molecule has 0 spiro atoms. The Morgan fingerprint density at radius 3 is 2.20 bits per heavy atom.